The van der Waals surface area contributed by atoms with Gasteiger partial charge in [0.2, 0.25) is 5.91 Å². The molecular formula is C11H12FN3O4. The summed E-state index contributed by atoms with van der Waals surface area (Å²) in [6.45, 7) is -0.227. The van der Waals surface area contributed by atoms with E-state index < -0.39 is 23.4 Å². The molecule has 4 N–H and O–H groups in total. The van der Waals surface area contributed by atoms with Gasteiger partial charge in [0.1, 0.15) is 5.82 Å². The minimum atomic E-state index is -1.44. The van der Waals surface area contributed by atoms with Gasteiger partial charge in [-0.25, -0.2) is 14.0 Å². The van der Waals surface area contributed by atoms with Crippen LogP contribution in [0.2, 0.25) is 0 Å². The van der Waals surface area contributed by atoms with E-state index in [1.54, 1.807) is 0 Å². The highest BCUT2D eigenvalue weighted by atomic mass is 19.1. The van der Waals surface area contributed by atoms with E-state index >= 15 is 0 Å². The average molecular weight is 269 g/mol. The van der Waals surface area contributed by atoms with Crippen LogP contribution in [0, 0.1) is 5.82 Å². The van der Waals surface area contributed by atoms with Gasteiger partial charge in [-0.1, -0.05) is 0 Å². The lowest BCUT2D eigenvalue weighted by Crippen LogP contribution is -2.37. The van der Waals surface area contributed by atoms with Gasteiger partial charge in [-0.05, 0) is 18.2 Å². The maximum Gasteiger partial charge on any atom is 0.338 e. The second kappa shape index (κ2) is 6.34. The average Bonchev–Trinajstić information content (AvgIpc) is 2.37. The first-order chi connectivity index (χ1) is 8.93. The molecule has 3 amide bonds. The molecule has 0 aromatic heterocycles. The molecule has 0 spiro atoms. The normalized spacial score (nSPS) is 9.58. The first kappa shape index (κ1) is 14.4. The number of anilines is 1. The fourth-order valence-electron chi connectivity index (χ4n) is 1.19. The third-order valence-corrected chi connectivity index (χ3v) is 2.14. The number of benzene rings is 1. The van der Waals surface area contributed by atoms with E-state index in [2.05, 4.69) is 16.0 Å². The Morgan fingerprint density at radius 1 is 1.32 bits per heavy atom. The lowest BCUT2D eigenvalue weighted by atomic mass is 10.2. The van der Waals surface area contributed by atoms with Crippen LogP contribution in [0.3, 0.4) is 0 Å². The number of hydrogen-bond acceptors (Lipinski definition) is 3. The van der Waals surface area contributed by atoms with Crippen LogP contribution < -0.4 is 16.0 Å². The molecule has 0 saturated carbocycles. The summed E-state index contributed by atoms with van der Waals surface area (Å²) in [5, 5.41) is 15.5. The first-order valence-corrected chi connectivity index (χ1v) is 5.22. The number of urea groups is 1. The Labute approximate surface area is 107 Å². The zero-order valence-electron chi connectivity index (χ0n) is 9.99. The van der Waals surface area contributed by atoms with Crippen molar-refractivity contribution in [1.82, 2.24) is 10.6 Å². The fourth-order valence-corrected chi connectivity index (χ4v) is 1.19. The third kappa shape index (κ3) is 4.26. The van der Waals surface area contributed by atoms with E-state index in [1.807, 2.05) is 0 Å². The summed E-state index contributed by atoms with van der Waals surface area (Å²) in [6.07, 6.45) is 0. The number of carbonyl (C=O) groups is 3. The second-order valence-electron chi connectivity index (χ2n) is 3.48. The molecule has 0 atom stereocenters. The Hall–Kier alpha value is -2.64. The number of amides is 3. The van der Waals surface area contributed by atoms with E-state index in [1.165, 1.54) is 13.1 Å². The predicted molar refractivity (Wildman–Crippen MR) is 64.4 cm³/mol. The molecule has 1 aromatic rings. The molecule has 0 aliphatic carbocycles. The maximum atomic E-state index is 13.1. The number of likely N-dealkylation sites (N-methyl/N-ethyl adjacent to an activating group) is 1. The van der Waals surface area contributed by atoms with Crippen LogP contribution in [0.4, 0.5) is 14.9 Å². The van der Waals surface area contributed by atoms with Gasteiger partial charge in [-0.15, -0.1) is 0 Å². The molecule has 7 nitrogen and oxygen atoms in total. The van der Waals surface area contributed by atoms with Crippen molar-refractivity contribution in [3.63, 3.8) is 0 Å². The van der Waals surface area contributed by atoms with Crippen molar-refractivity contribution in [3.8, 4) is 0 Å². The molecule has 102 valence electrons. The molecule has 1 aromatic carbocycles. The van der Waals surface area contributed by atoms with E-state index in [-0.39, 0.29) is 18.1 Å². The minimum Gasteiger partial charge on any atom is -0.478 e. The van der Waals surface area contributed by atoms with Crippen molar-refractivity contribution in [2.45, 2.75) is 0 Å². The Morgan fingerprint density at radius 2 is 2.00 bits per heavy atom. The number of hydrogen-bond donors (Lipinski definition) is 4. The first-order valence-electron chi connectivity index (χ1n) is 5.22. The standard InChI is InChI=1S/C11H12FN3O4/c1-13-9(16)5-14-11(19)15-6-2-3-8(12)7(4-6)10(17)18/h2-4H,5H2,1H3,(H,13,16)(H,17,18)(H2,14,15,19). The van der Waals surface area contributed by atoms with Gasteiger partial charge in [-0.3, -0.25) is 4.79 Å². The van der Waals surface area contributed by atoms with Crippen molar-refractivity contribution in [2.75, 3.05) is 18.9 Å². The van der Waals surface area contributed by atoms with Gasteiger partial charge in [0, 0.05) is 12.7 Å². The number of nitrogens with one attached hydrogen (secondary N) is 3. The molecule has 0 saturated heterocycles. The molecule has 0 radical (unpaired) electrons. The van der Waals surface area contributed by atoms with Crippen LogP contribution in [0.25, 0.3) is 0 Å². The number of carboxylic acid groups (broad SMARTS) is 1. The Morgan fingerprint density at radius 3 is 2.58 bits per heavy atom. The summed E-state index contributed by atoms with van der Waals surface area (Å²) in [6, 6.07) is 2.42. The molecule has 0 aliphatic heterocycles. The molecule has 0 bridgehead atoms. The molecular weight excluding hydrogens is 257 g/mol. The smallest absolute Gasteiger partial charge is 0.338 e. The predicted octanol–water partition coefficient (Wildman–Crippen LogP) is 0.391. The van der Waals surface area contributed by atoms with Crippen LogP contribution in [0.15, 0.2) is 18.2 Å². The van der Waals surface area contributed by atoms with Crippen LogP contribution in [-0.2, 0) is 4.79 Å². The topological polar surface area (TPSA) is 108 Å². The Bertz CT molecular complexity index is 519. The molecule has 0 fully saturated rings. The van der Waals surface area contributed by atoms with E-state index in [0.29, 0.717) is 0 Å². The van der Waals surface area contributed by atoms with Crippen molar-refractivity contribution in [1.29, 1.82) is 0 Å². The van der Waals surface area contributed by atoms with Crippen LogP contribution in [-0.4, -0.2) is 36.6 Å². The van der Waals surface area contributed by atoms with Crippen LogP contribution >= 0.6 is 0 Å². The lowest BCUT2D eigenvalue weighted by molar-refractivity contribution is -0.119. The Balaban J connectivity index is 2.67. The largest absolute Gasteiger partial charge is 0.478 e. The number of rotatable bonds is 4. The lowest BCUT2D eigenvalue weighted by Gasteiger charge is -2.08. The summed E-state index contributed by atoms with van der Waals surface area (Å²) in [5.74, 6) is -2.73. The monoisotopic (exact) mass is 269 g/mol. The minimum absolute atomic E-state index is 0.105. The maximum absolute atomic E-state index is 13.1. The Kier molecular flexibility index (Phi) is 4.81. The molecule has 0 aliphatic rings. The quantitative estimate of drug-likeness (QED) is 0.634. The molecule has 8 heteroatoms. The van der Waals surface area contributed by atoms with Gasteiger partial charge >= 0.3 is 12.0 Å². The molecule has 0 heterocycles. The molecule has 0 unspecified atom stereocenters. The van der Waals surface area contributed by atoms with E-state index in [4.69, 9.17) is 5.11 Å². The highest BCUT2D eigenvalue weighted by Crippen LogP contribution is 2.14. The van der Waals surface area contributed by atoms with Crippen molar-refractivity contribution in [3.05, 3.63) is 29.6 Å². The van der Waals surface area contributed by atoms with Gasteiger partial charge in [0.05, 0.1) is 12.1 Å². The fraction of sp³-hybridized carbons (Fsp3) is 0.182. The number of halogens is 1. The van der Waals surface area contributed by atoms with Crippen molar-refractivity contribution >= 4 is 23.6 Å². The van der Waals surface area contributed by atoms with Crippen LogP contribution in [0.1, 0.15) is 10.4 Å². The summed E-state index contributed by atoms with van der Waals surface area (Å²) in [5.41, 5.74) is -0.447. The van der Waals surface area contributed by atoms with Gasteiger partial charge in [0.25, 0.3) is 0 Å². The molecule has 19 heavy (non-hydrogen) atoms. The van der Waals surface area contributed by atoms with Crippen LogP contribution in [0.5, 0.6) is 0 Å². The van der Waals surface area contributed by atoms with Gasteiger partial charge in [0.15, 0.2) is 0 Å². The third-order valence-electron chi connectivity index (χ3n) is 2.14. The second-order valence-corrected chi connectivity index (χ2v) is 3.48. The zero-order valence-corrected chi connectivity index (χ0v) is 9.99. The molecule has 1 rings (SSSR count). The van der Waals surface area contributed by atoms with E-state index in [0.717, 1.165) is 12.1 Å². The summed E-state index contributed by atoms with van der Waals surface area (Å²) in [7, 11) is 1.42. The number of carboxylic acids is 1. The number of aromatic carboxylic acids is 1. The summed E-state index contributed by atoms with van der Waals surface area (Å²) < 4.78 is 13.1. The van der Waals surface area contributed by atoms with E-state index in [9.17, 15) is 18.8 Å². The summed E-state index contributed by atoms with van der Waals surface area (Å²) in [4.78, 5) is 32.9. The van der Waals surface area contributed by atoms with Gasteiger partial charge < -0.3 is 21.1 Å². The van der Waals surface area contributed by atoms with Crippen molar-refractivity contribution < 1.29 is 23.9 Å². The SMILES string of the molecule is CNC(=O)CNC(=O)Nc1ccc(F)c(C(=O)O)c1. The zero-order chi connectivity index (χ0) is 14.4. The van der Waals surface area contributed by atoms with Gasteiger partial charge in [-0.2, -0.15) is 0 Å². The highest BCUT2D eigenvalue weighted by molar-refractivity contribution is 5.94. The van der Waals surface area contributed by atoms with Crippen molar-refractivity contribution in [2.24, 2.45) is 0 Å². The summed E-state index contributed by atoms with van der Waals surface area (Å²) >= 11 is 0. The highest BCUT2D eigenvalue weighted by Gasteiger charge is 2.12. The number of carbonyl (C=O) groups excluding carboxylic acids is 2.